The van der Waals surface area contributed by atoms with Crippen molar-refractivity contribution in [2.75, 3.05) is 0 Å². The van der Waals surface area contributed by atoms with Gasteiger partial charge in [0.15, 0.2) is 11.6 Å². The highest BCUT2D eigenvalue weighted by molar-refractivity contribution is 5.35. The number of H-pyrrole nitrogens is 2. The van der Waals surface area contributed by atoms with Crippen molar-refractivity contribution in [3.8, 4) is 11.6 Å². The first-order valence-electron chi connectivity index (χ1n) is 15.1. The minimum absolute atomic E-state index is 0.154. The summed E-state index contributed by atoms with van der Waals surface area (Å²) in [6.07, 6.45) is -2.05. The Morgan fingerprint density at radius 2 is 0.920 bits per heavy atom. The van der Waals surface area contributed by atoms with Crippen molar-refractivity contribution >= 4 is 0 Å². The molecule has 2 atom stereocenters. The Balaban J connectivity index is 0.000000194. The van der Waals surface area contributed by atoms with Crippen molar-refractivity contribution in [1.29, 1.82) is 0 Å². The van der Waals surface area contributed by atoms with Crippen molar-refractivity contribution in [2.24, 2.45) is 0 Å². The zero-order valence-corrected chi connectivity index (χ0v) is 27.0. The second-order valence-corrected chi connectivity index (χ2v) is 11.5. The number of halogens is 6. The number of aryl methyl sites for hydroxylation is 2. The van der Waals surface area contributed by atoms with Gasteiger partial charge in [-0.1, -0.05) is 38.1 Å². The molecule has 6 rings (SSSR count). The van der Waals surface area contributed by atoms with E-state index >= 15 is 0 Å². The van der Waals surface area contributed by atoms with E-state index in [-0.39, 0.29) is 23.0 Å². The van der Waals surface area contributed by atoms with Gasteiger partial charge in [-0.3, -0.25) is 9.59 Å². The van der Waals surface area contributed by atoms with Crippen LogP contribution < -0.4 is 11.1 Å². The van der Waals surface area contributed by atoms with Gasteiger partial charge in [0, 0.05) is 36.4 Å². The topological polar surface area (TPSA) is 127 Å². The molecule has 0 spiro atoms. The van der Waals surface area contributed by atoms with E-state index in [4.69, 9.17) is 0 Å². The van der Waals surface area contributed by atoms with Crippen LogP contribution in [0.15, 0.2) is 95.0 Å². The molecule has 0 amide bonds. The fourth-order valence-electron chi connectivity index (χ4n) is 5.04. The number of hydrogen-bond donors (Lipinski definition) is 2. The van der Waals surface area contributed by atoms with E-state index in [2.05, 4.69) is 30.1 Å². The Bertz CT molecular complexity index is 2040. The highest BCUT2D eigenvalue weighted by Gasteiger charge is 2.31. The SMILES string of the molecule is Cc1nc(-n2cc([C@@H](C)c3ccc(C(F)(F)F)cc3)cn2)cc(=O)[nH]1.Cc1nc(-n2cc([C@H](C)c3ccc(C(F)(F)F)cc3)cn2)cc(=O)[nH]1. The molecule has 260 valence electrons. The lowest BCUT2D eigenvalue weighted by Gasteiger charge is -2.12. The zero-order chi connectivity index (χ0) is 36.4. The first kappa shape index (κ1) is 35.5. The summed E-state index contributed by atoms with van der Waals surface area (Å²) in [7, 11) is 0. The van der Waals surface area contributed by atoms with E-state index in [0.717, 1.165) is 46.5 Å². The van der Waals surface area contributed by atoms with Crippen LogP contribution in [-0.2, 0) is 12.4 Å². The smallest absolute Gasteiger partial charge is 0.311 e. The van der Waals surface area contributed by atoms with Gasteiger partial charge >= 0.3 is 12.4 Å². The molecular formula is C34H30F6N8O2. The number of benzene rings is 2. The van der Waals surface area contributed by atoms with Gasteiger partial charge in [-0.15, -0.1) is 0 Å². The molecule has 2 aromatic carbocycles. The van der Waals surface area contributed by atoms with Crippen molar-refractivity contribution in [3.05, 3.63) is 151 Å². The normalized spacial score (nSPS) is 13.0. The molecule has 0 saturated heterocycles. The zero-order valence-electron chi connectivity index (χ0n) is 27.0. The molecule has 2 N–H and O–H groups in total. The number of rotatable bonds is 6. The maximum absolute atomic E-state index is 12.7. The summed E-state index contributed by atoms with van der Waals surface area (Å²) in [6.45, 7) is 7.08. The third-order valence-corrected chi connectivity index (χ3v) is 7.84. The summed E-state index contributed by atoms with van der Waals surface area (Å²) in [6, 6.07) is 12.8. The van der Waals surface area contributed by atoms with Crippen LogP contribution in [0.3, 0.4) is 0 Å². The van der Waals surface area contributed by atoms with E-state index < -0.39 is 23.5 Å². The summed E-state index contributed by atoms with van der Waals surface area (Å²) in [5.74, 6) is 1.39. The molecule has 6 aromatic rings. The van der Waals surface area contributed by atoms with Crippen LogP contribution >= 0.6 is 0 Å². The Kier molecular flexibility index (Phi) is 9.92. The first-order chi connectivity index (χ1) is 23.5. The minimum atomic E-state index is -4.35. The van der Waals surface area contributed by atoms with Crippen LogP contribution in [0, 0.1) is 13.8 Å². The summed E-state index contributed by atoms with van der Waals surface area (Å²) in [5, 5.41) is 8.39. The van der Waals surface area contributed by atoms with Gasteiger partial charge in [-0.2, -0.15) is 36.5 Å². The van der Waals surface area contributed by atoms with Gasteiger partial charge in [0.05, 0.1) is 23.5 Å². The van der Waals surface area contributed by atoms with Crippen LogP contribution in [-0.4, -0.2) is 39.5 Å². The van der Waals surface area contributed by atoms with Gasteiger partial charge in [0.2, 0.25) is 0 Å². The van der Waals surface area contributed by atoms with Crippen molar-refractivity contribution in [1.82, 2.24) is 39.5 Å². The third-order valence-electron chi connectivity index (χ3n) is 7.84. The molecule has 0 aliphatic heterocycles. The molecule has 0 aliphatic carbocycles. The average Bonchev–Trinajstić information content (AvgIpc) is 3.74. The largest absolute Gasteiger partial charge is 0.416 e. The molecule has 0 unspecified atom stereocenters. The maximum atomic E-state index is 12.7. The molecule has 0 radical (unpaired) electrons. The van der Waals surface area contributed by atoms with E-state index in [0.29, 0.717) is 23.3 Å². The monoisotopic (exact) mass is 696 g/mol. The van der Waals surface area contributed by atoms with Gasteiger partial charge in [0.1, 0.15) is 11.6 Å². The number of alkyl halides is 6. The van der Waals surface area contributed by atoms with Crippen LogP contribution in [0.5, 0.6) is 0 Å². The van der Waals surface area contributed by atoms with Crippen LogP contribution in [0.25, 0.3) is 11.6 Å². The number of nitrogens with zero attached hydrogens (tertiary/aromatic N) is 6. The van der Waals surface area contributed by atoms with E-state index in [1.54, 1.807) is 38.6 Å². The second kappa shape index (κ2) is 14.0. The highest BCUT2D eigenvalue weighted by Crippen LogP contribution is 2.33. The summed E-state index contributed by atoms with van der Waals surface area (Å²) < 4.78 is 78.8. The highest BCUT2D eigenvalue weighted by atomic mass is 19.4. The van der Waals surface area contributed by atoms with E-state index in [1.165, 1.54) is 45.8 Å². The molecule has 0 fully saturated rings. The molecule has 10 nitrogen and oxygen atoms in total. The lowest BCUT2D eigenvalue weighted by atomic mass is 9.95. The van der Waals surface area contributed by atoms with Crippen LogP contribution in [0.4, 0.5) is 26.3 Å². The summed E-state index contributed by atoms with van der Waals surface area (Å²) >= 11 is 0. The van der Waals surface area contributed by atoms with Crippen molar-refractivity contribution < 1.29 is 26.3 Å². The lowest BCUT2D eigenvalue weighted by molar-refractivity contribution is -0.138. The van der Waals surface area contributed by atoms with E-state index in [9.17, 15) is 35.9 Å². The standard InChI is InChI=1S/2C17H15F3N4O/c2*1-10(12-3-5-14(6-4-12)17(18,19)20)13-8-21-24(9-13)15-7-16(25)23-11(2)22-15/h2*3-10H,1-2H3,(H,22,23,25)/t2*10-/m10/s1. The number of hydrogen-bond acceptors (Lipinski definition) is 6. The van der Waals surface area contributed by atoms with Crippen molar-refractivity contribution in [2.45, 2.75) is 51.9 Å². The second-order valence-electron chi connectivity index (χ2n) is 11.5. The Hall–Kier alpha value is -5.80. The van der Waals surface area contributed by atoms with Crippen LogP contribution in [0.2, 0.25) is 0 Å². The number of nitrogens with one attached hydrogen (secondary N) is 2. The number of aromatic amines is 2. The molecule has 0 bridgehead atoms. The number of aromatic nitrogens is 8. The fourth-order valence-corrected chi connectivity index (χ4v) is 5.04. The molecule has 0 saturated carbocycles. The molecule has 16 heteroatoms. The fraction of sp³-hybridized carbons (Fsp3) is 0.235. The van der Waals surface area contributed by atoms with Gasteiger partial charge in [-0.05, 0) is 60.4 Å². The van der Waals surface area contributed by atoms with Crippen LogP contribution in [0.1, 0.15) is 70.7 Å². The Labute approximate surface area is 280 Å². The predicted molar refractivity (Wildman–Crippen MR) is 171 cm³/mol. The summed E-state index contributed by atoms with van der Waals surface area (Å²) in [4.78, 5) is 36.6. The third kappa shape index (κ3) is 8.43. The molecule has 50 heavy (non-hydrogen) atoms. The molecule has 4 aromatic heterocycles. The Morgan fingerprint density at radius 1 is 0.580 bits per heavy atom. The molecule has 4 heterocycles. The van der Waals surface area contributed by atoms with Gasteiger partial charge in [0.25, 0.3) is 11.1 Å². The summed E-state index contributed by atoms with van der Waals surface area (Å²) in [5.41, 5.74) is 1.17. The Morgan fingerprint density at radius 3 is 1.22 bits per heavy atom. The molecule has 0 aliphatic rings. The first-order valence-corrected chi connectivity index (χ1v) is 15.1. The van der Waals surface area contributed by atoms with Gasteiger partial charge in [-0.25, -0.2) is 19.3 Å². The average molecular weight is 697 g/mol. The van der Waals surface area contributed by atoms with Crippen molar-refractivity contribution in [3.63, 3.8) is 0 Å². The van der Waals surface area contributed by atoms with E-state index in [1.807, 2.05) is 13.8 Å². The quantitative estimate of drug-likeness (QED) is 0.183. The maximum Gasteiger partial charge on any atom is 0.416 e. The lowest BCUT2D eigenvalue weighted by Crippen LogP contribution is -2.12. The predicted octanol–water partition coefficient (Wildman–Crippen LogP) is 6.87. The minimum Gasteiger partial charge on any atom is -0.311 e. The molecular weight excluding hydrogens is 666 g/mol. The van der Waals surface area contributed by atoms with Gasteiger partial charge < -0.3 is 9.97 Å².